The van der Waals surface area contributed by atoms with Gasteiger partial charge in [-0.3, -0.25) is 9.59 Å². The quantitative estimate of drug-likeness (QED) is 0.541. The lowest BCUT2D eigenvalue weighted by Crippen LogP contribution is -2.38. The first kappa shape index (κ1) is 20.9. The molecule has 0 spiro atoms. The summed E-state index contributed by atoms with van der Waals surface area (Å²) in [4.78, 5) is 23.4. The highest BCUT2D eigenvalue weighted by molar-refractivity contribution is 5.77. The highest BCUT2D eigenvalue weighted by Crippen LogP contribution is 2.43. The third kappa shape index (κ3) is 5.98. The van der Waals surface area contributed by atoms with E-state index in [1.807, 2.05) is 0 Å². The Hall–Kier alpha value is -1.06. The molecule has 0 bridgehead atoms. The lowest BCUT2D eigenvalue weighted by atomic mass is 9.67. The molecule has 1 atom stereocenters. The number of hydrogen-bond acceptors (Lipinski definition) is 2. The molecule has 0 aliphatic heterocycles. The van der Waals surface area contributed by atoms with Crippen molar-refractivity contribution >= 4 is 11.9 Å². The van der Waals surface area contributed by atoms with E-state index >= 15 is 0 Å². The van der Waals surface area contributed by atoms with Gasteiger partial charge in [0.05, 0.1) is 11.3 Å². The van der Waals surface area contributed by atoms with Crippen molar-refractivity contribution in [2.75, 3.05) is 0 Å². The maximum atomic E-state index is 12.1. The van der Waals surface area contributed by atoms with Gasteiger partial charge in [0.1, 0.15) is 0 Å². The molecule has 0 aliphatic carbocycles. The molecule has 0 aromatic carbocycles. The Morgan fingerprint density at radius 3 is 1.41 bits per heavy atom. The highest BCUT2D eigenvalue weighted by atomic mass is 16.4. The first-order chi connectivity index (χ1) is 10.3. The Kier molecular flexibility index (Phi) is 9.38. The van der Waals surface area contributed by atoms with Crippen molar-refractivity contribution in [3.63, 3.8) is 0 Å². The van der Waals surface area contributed by atoms with Crippen molar-refractivity contribution in [1.82, 2.24) is 0 Å². The van der Waals surface area contributed by atoms with Crippen LogP contribution in [0.3, 0.4) is 0 Å². The number of hydrogen-bond donors (Lipinski definition) is 2. The van der Waals surface area contributed by atoms with Crippen molar-refractivity contribution < 1.29 is 19.8 Å². The molecular weight excluding hydrogens is 280 g/mol. The van der Waals surface area contributed by atoms with Crippen LogP contribution >= 0.6 is 0 Å². The van der Waals surface area contributed by atoms with Crippen molar-refractivity contribution in [3.05, 3.63) is 0 Å². The molecule has 1 unspecified atom stereocenters. The van der Waals surface area contributed by atoms with E-state index in [2.05, 4.69) is 27.7 Å². The number of carbonyl (C=O) groups is 2. The van der Waals surface area contributed by atoms with Crippen molar-refractivity contribution in [2.45, 2.75) is 79.6 Å². The van der Waals surface area contributed by atoms with E-state index in [-0.39, 0.29) is 6.42 Å². The fourth-order valence-electron chi connectivity index (χ4n) is 3.45. The Balaban J connectivity index is 5.51. The molecule has 130 valence electrons. The Morgan fingerprint density at radius 1 is 0.818 bits per heavy atom. The Morgan fingerprint density at radius 2 is 1.18 bits per heavy atom. The second-order valence-electron chi connectivity index (χ2n) is 6.80. The summed E-state index contributed by atoms with van der Waals surface area (Å²) in [6, 6.07) is 0. The van der Waals surface area contributed by atoms with Crippen LogP contribution in [0.2, 0.25) is 0 Å². The minimum Gasteiger partial charge on any atom is -0.481 e. The maximum Gasteiger partial charge on any atom is 0.309 e. The molecular formula is C18H34O4. The number of carboxylic acid groups (broad SMARTS) is 2. The van der Waals surface area contributed by atoms with Gasteiger partial charge in [-0.2, -0.15) is 0 Å². The summed E-state index contributed by atoms with van der Waals surface area (Å²) >= 11 is 0. The zero-order valence-corrected chi connectivity index (χ0v) is 14.9. The molecule has 0 saturated carbocycles. The lowest BCUT2D eigenvalue weighted by molar-refractivity contribution is -0.155. The van der Waals surface area contributed by atoms with E-state index in [0.29, 0.717) is 24.7 Å². The van der Waals surface area contributed by atoms with Crippen LogP contribution in [0.25, 0.3) is 0 Å². The summed E-state index contributed by atoms with van der Waals surface area (Å²) in [7, 11) is 0. The number of rotatable bonds is 12. The first-order valence-corrected chi connectivity index (χ1v) is 8.72. The maximum absolute atomic E-state index is 12.1. The SMILES string of the molecule is CCC(CC)CC(CC(CC)CC)(CC(C)C(=O)O)C(=O)O. The van der Waals surface area contributed by atoms with E-state index in [9.17, 15) is 19.8 Å². The number of aliphatic carboxylic acids is 2. The summed E-state index contributed by atoms with van der Waals surface area (Å²) in [5, 5.41) is 19.2. The van der Waals surface area contributed by atoms with Gasteiger partial charge in [0.25, 0.3) is 0 Å². The van der Waals surface area contributed by atoms with Crippen LogP contribution in [0.4, 0.5) is 0 Å². The third-order valence-corrected chi connectivity index (χ3v) is 5.24. The number of carboxylic acids is 2. The average molecular weight is 314 g/mol. The van der Waals surface area contributed by atoms with Gasteiger partial charge in [0.2, 0.25) is 0 Å². The molecule has 4 nitrogen and oxygen atoms in total. The molecule has 0 aromatic rings. The van der Waals surface area contributed by atoms with Gasteiger partial charge >= 0.3 is 11.9 Å². The Labute approximate surface area is 135 Å². The molecule has 0 heterocycles. The molecule has 0 aliphatic rings. The molecule has 0 radical (unpaired) electrons. The molecule has 22 heavy (non-hydrogen) atoms. The standard InChI is InChI=1S/C18H34O4/c1-6-14(7-2)11-18(17(21)22,10-13(5)16(19)20)12-15(8-3)9-4/h13-15H,6-12H2,1-5H3,(H,19,20)(H,21,22). The molecule has 0 fully saturated rings. The van der Waals surface area contributed by atoms with Crippen LogP contribution < -0.4 is 0 Å². The van der Waals surface area contributed by atoms with E-state index in [0.717, 1.165) is 25.7 Å². The highest BCUT2D eigenvalue weighted by Gasteiger charge is 2.43. The van der Waals surface area contributed by atoms with Gasteiger partial charge in [-0.1, -0.05) is 60.3 Å². The predicted octanol–water partition coefficient (Wildman–Crippen LogP) is 4.82. The summed E-state index contributed by atoms with van der Waals surface area (Å²) in [5.74, 6) is -1.67. The minimum absolute atomic E-state index is 0.227. The molecule has 0 aromatic heterocycles. The van der Waals surface area contributed by atoms with Gasteiger partial charge in [-0.05, 0) is 31.1 Å². The first-order valence-electron chi connectivity index (χ1n) is 8.72. The largest absolute Gasteiger partial charge is 0.481 e. The van der Waals surface area contributed by atoms with E-state index in [4.69, 9.17) is 0 Å². The van der Waals surface area contributed by atoms with Gasteiger partial charge in [0.15, 0.2) is 0 Å². The van der Waals surface area contributed by atoms with Crippen molar-refractivity contribution in [3.8, 4) is 0 Å². The van der Waals surface area contributed by atoms with Crippen LogP contribution in [-0.2, 0) is 9.59 Å². The van der Waals surface area contributed by atoms with Crippen molar-refractivity contribution in [2.24, 2.45) is 23.2 Å². The third-order valence-electron chi connectivity index (χ3n) is 5.24. The van der Waals surface area contributed by atoms with E-state index in [1.54, 1.807) is 6.92 Å². The molecule has 2 N–H and O–H groups in total. The second-order valence-corrected chi connectivity index (χ2v) is 6.80. The normalized spacial score (nSPS) is 13.6. The van der Waals surface area contributed by atoms with E-state index < -0.39 is 23.3 Å². The fourth-order valence-corrected chi connectivity index (χ4v) is 3.45. The summed E-state index contributed by atoms with van der Waals surface area (Å²) in [6.45, 7) is 9.95. The Bertz CT molecular complexity index is 329. The predicted molar refractivity (Wildman–Crippen MR) is 88.9 cm³/mol. The van der Waals surface area contributed by atoms with Crippen LogP contribution in [0, 0.1) is 23.2 Å². The monoisotopic (exact) mass is 314 g/mol. The van der Waals surface area contributed by atoms with Crippen LogP contribution in [0.1, 0.15) is 79.6 Å². The lowest BCUT2D eigenvalue weighted by Gasteiger charge is -2.36. The molecule has 4 heteroatoms. The van der Waals surface area contributed by atoms with Crippen LogP contribution in [0.5, 0.6) is 0 Å². The summed E-state index contributed by atoms with van der Waals surface area (Å²) in [5.41, 5.74) is -0.912. The topological polar surface area (TPSA) is 74.6 Å². The second kappa shape index (κ2) is 9.86. The zero-order chi connectivity index (χ0) is 17.3. The minimum atomic E-state index is -0.912. The summed E-state index contributed by atoms with van der Waals surface area (Å²) in [6.07, 6.45) is 5.16. The van der Waals surface area contributed by atoms with Crippen LogP contribution in [0.15, 0.2) is 0 Å². The smallest absolute Gasteiger partial charge is 0.309 e. The van der Waals surface area contributed by atoms with Gasteiger partial charge < -0.3 is 10.2 Å². The van der Waals surface area contributed by atoms with Gasteiger partial charge in [0, 0.05) is 0 Å². The average Bonchev–Trinajstić information content (AvgIpc) is 2.49. The summed E-state index contributed by atoms with van der Waals surface area (Å²) < 4.78 is 0. The van der Waals surface area contributed by atoms with Crippen LogP contribution in [-0.4, -0.2) is 22.2 Å². The zero-order valence-electron chi connectivity index (χ0n) is 14.9. The molecule has 0 rings (SSSR count). The van der Waals surface area contributed by atoms with Gasteiger partial charge in [-0.15, -0.1) is 0 Å². The molecule has 0 amide bonds. The molecule has 0 saturated heterocycles. The van der Waals surface area contributed by atoms with E-state index in [1.165, 1.54) is 0 Å². The van der Waals surface area contributed by atoms with Gasteiger partial charge in [-0.25, -0.2) is 0 Å². The van der Waals surface area contributed by atoms with Crippen molar-refractivity contribution in [1.29, 1.82) is 0 Å². The fraction of sp³-hybridized carbons (Fsp3) is 0.889.